The van der Waals surface area contributed by atoms with Crippen molar-refractivity contribution in [3.05, 3.63) is 208 Å². The van der Waals surface area contributed by atoms with E-state index in [0.29, 0.717) is 44.5 Å². The molecule has 2 heterocycles. The topological polar surface area (TPSA) is 64.6 Å². The highest BCUT2D eigenvalue weighted by Crippen LogP contribution is 2.40. The Morgan fingerprint density at radius 3 is 1.64 bits per heavy atom. The summed E-state index contributed by atoms with van der Waals surface area (Å²) in [6, 6.07) is 55.1. The van der Waals surface area contributed by atoms with Gasteiger partial charge >= 0.3 is 0 Å². The van der Waals surface area contributed by atoms with Gasteiger partial charge in [0.15, 0.2) is 0 Å². The lowest BCUT2D eigenvalue weighted by atomic mass is 9.89. The highest BCUT2D eigenvalue weighted by atomic mass is 35.5. The van der Waals surface area contributed by atoms with Crippen LogP contribution in [-0.4, -0.2) is 50.3 Å². The van der Waals surface area contributed by atoms with Crippen molar-refractivity contribution in [2.24, 2.45) is 0 Å². The van der Waals surface area contributed by atoms with Crippen molar-refractivity contribution >= 4 is 11.6 Å². The molecular weight excluding hydrogens is 760 g/mol. The predicted octanol–water partition coefficient (Wildman–Crippen LogP) is 10.5. The average molecular weight is 811 g/mol. The third-order valence-electron chi connectivity index (χ3n) is 10.8. The van der Waals surface area contributed by atoms with Crippen molar-refractivity contribution in [1.29, 1.82) is 0 Å². The first kappa shape index (κ1) is 40.9. The van der Waals surface area contributed by atoms with E-state index in [4.69, 9.17) is 44.8 Å². The van der Waals surface area contributed by atoms with Gasteiger partial charge in [-0.05, 0) is 63.6 Å². The molecule has 7 nitrogen and oxygen atoms in total. The van der Waals surface area contributed by atoms with E-state index in [-0.39, 0.29) is 12.7 Å². The summed E-state index contributed by atoms with van der Waals surface area (Å²) in [7, 11) is 0. The molecule has 0 unspecified atom stereocenters. The zero-order chi connectivity index (χ0) is 40.1. The molecule has 8 rings (SSSR count). The lowest BCUT2D eigenvalue weighted by Crippen LogP contribution is -2.58. The summed E-state index contributed by atoms with van der Waals surface area (Å²) in [4.78, 5) is 0. The summed E-state index contributed by atoms with van der Waals surface area (Å²) >= 11 is 6.96. The number of rotatable bonds is 18. The third-order valence-corrected chi connectivity index (χ3v) is 11.2. The summed E-state index contributed by atoms with van der Waals surface area (Å²) in [5.74, 6) is 0.837. The van der Waals surface area contributed by atoms with E-state index in [1.54, 1.807) is 0 Å². The van der Waals surface area contributed by atoms with E-state index in [0.717, 1.165) is 57.7 Å². The molecule has 2 saturated heterocycles. The van der Waals surface area contributed by atoms with Crippen molar-refractivity contribution in [3.8, 4) is 5.75 Å². The van der Waals surface area contributed by atoms with Crippen LogP contribution in [-0.2, 0) is 61.3 Å². The summed E-state index contributed by atoms with van der Waals surface area (Å²) < 4.78 is 46.1. The fourth-order valence-corrected chi connectivity index (χ4v) is 7.85. The first-order valence-electron chi connectivity index (χ1n) is 20.5. The van der Waals surface area contributed by atoms with Crippen LogP contribution in [0, 0.1) is 0 Å². The van der Waals surface area contributed by atoms with Crippen molar-refractivity contribution < 1.29 is 33.2 Å². The molecule has 0 bridgehead atoms. The normalized spacial score (nSPS) is 21.6. The Morgan fingerprint density at radius 2 is 1.08 bits per heavy atom. The minimum Gasteiger partial charge on any atom is -0.488 e. The highest BCUT2D eigenvalue weighted by Gasteiger charge is 2.49. The van der Waals surface area contributed by atoms with E-state index in [9.17, 15) is 0 Å². The second-order valence-corrected chi connectivity index (χ2v) is 15.6. The smallest absolute Gasteiger partial charge is 0.124 e. The van der Waals surface area contributed by atoms with Crippen molar-refractivity contribution in [2.45, 2.75) is 75.9 Å². The molecular formula is C51H51ClO7. The van der Waals surface area contributed by atoms with Crippen LogP contribution >= 0.6 is 11.6 Å². The number of hydrogen-bond acceptors (Lipinski definition) is 7. The van der Waals surface area contributed by atoms with Crippen LogP contribution in [0.2, 0.25) is 5.02 Å². The van der Waals surface area contributed by atoms with Gasteiger partial charge in [0, 0.05) is 11.4 Å². The number of hydrogen-bond donors (Lipinski definition) is 0. The molecule has 2 fully saturated rings. The van der Waals surface area contributed by atoms with Crippen molar-refractivity contribution in [3.63, 3.8) is 0 Å². The van der Waals surface area contributed by atoms with Crippen LogP contribution in [0.4, 0.5) is 0 Å². The zero-order valence-corrected chi connectivity index (χ0v) is 33.9. The van der Waals surface area contributed by atoms with Gasteiger partial charge in [-0.2, -0.15) is 0 Å². The fraction of sp³-hybridized carbons (Fsp3) is 0.294. The van der Waals surface area contributed by atoms with Crippen molar-refractivity contribution in [2.75, 3.05) is 19.8 Å². The fourth-order valence-electron chi connectivity index (χ4n) is 7.67. The quantitative estimate of drug-likeness (QED) is 0.0857. The summed E-state index contributed by atoms with van der Waals surface area (Å²) in [5, 5.41) is 0.679. The molecule has 0 N–H and O–H groups in total. The molecule has 59 heavy (non-hydrogen) atoms. The molecule has 0 spiro atoms. The van der Waals surface area contributed by atoms with Gasteiger partial charge in [0.2, 0.25) is 0 Å². The maximum Gasteiger partial charge on any atom is 0.124 e. The molecule has 6 atom stereocenters. The Bertz CT molecular complexity index is 2130. The molecule has 0 amide bonds. The maximum absolute atomic E-state index is 7.19. The molecule has 0 radical (unpaired) electrons. The lowest BCUT2D eigenvalue weighted by Gasteiger charge is -2.46. The minimum atomic E-state index is -0.560. The molecule has 0 aliphatic carbocycles. The molecule has 0 saturated carbocycles. The number of halogens is 1. The second-order valence-electron chi connectivity index (χ2n) is 15.2. The average Bonchev–Trinajstić information content (AvgIpc) is 3.80. The predicted molar refractivity (Wildman–Crippen MR) is 229 cm³/mol. The Balaban J connectivity index is 1.12. The first-order chi connectivity index (χ1) is 29.1. The SMILES string of the molecule is Clc1ccc([C@@H]2O[C@H](COCc3ccccc3)[C@H](OCc3ccccc3)[C@H](OCc3ccccc3)[C@@H]2OCc2ccccc2)cc1Cc1ccc(O[C@H]2CCOC2)cc1. The zero-order valence-electron chi connectivity index (χ0n) is 33.2. The van der Waals surface area contributed by atoms with E-state index < -0.39 is 30.5 Å². The van der Waals surface area contributed by atoms with Gasteiger partial charge in [-0.1, -0.05) is 157 Å². The van der Waals surface area contributed by atoms with Crippen LogP contribution in [0.3, 0.4) is 0 Å². The number of benzene rings is 6. The van der Waals surface area contributed by atoms with E-state index in [2.05, 4.69) is 66.7 Å². The van der Waals surface area contributed by atoms with E-state index in [1.807, 2.05) is 97.1 Å². The lowest BCUT2D eigenvalue weighted by molar-refractivity contribution is -0.275. The van der Waals surface area contributed by atoms with Crippen LogP contribution < -0.4 is 4.74 Å². The Kier molecular flexibility index (Phi) is 14.5. The minimum absolute atomic E-state index is 0.0934. The molecule has 6 aromatic rings. The van der Waals surface area contributed by atoms with Gasteiger partial charge in [-0.25, -0.2) is 0 Å². The van der Waals surface area contributed by atoms with E-state index in [1.165, 1.54) is 0 Å². The first-order valence-corrected chi connectivity index (χ1v) is 20.9. The largest absolute Gasteiger partial charge is 0.488 e. The van der Waals surface area contributed by atoms with Gasteiger partial charge < -0.3 is 33.2 Å². The summed E-state index contributed by atoms with van der Waals surface area (Å²) in [6.45, 7) is 3.18. The monoisotopic (exact) mass is 810 g/mol. The van der Waals surface area contributed by atoms with Crippen LogP contribution in [0.1, 0.15) is 51.5 Å². The molecule has 6 aromatic carbocycles. The molecule has 2 aliphatic heterocycles. The van der Waals surface area contributed by atoms with Gasteiger partial charge in [0.25, 0.3) is 0 Å². The Morgan fingerprint density at radius 1 is 0.542 bits per heavy atom. The van der Waals surface area contributed by atoms with Crippen LogP contribution in [0.25, 0.3) is 0 Å². The van der Waals surface area contributed by atoms with Gasteiger partial charge in [-0.3, -0.25) is 0 Å². The van der Waals surface area contributed by atoms with Gasteiger partial charge in [0.05, 0.1) is 46.2 Å². The van der Waals surface area contributed by atoms with Gasteiger partial charge in [-0.15, -0.1) is 0 Å². The Hall–Kier alpha value is -4.83. The van der Waals surface area contributed by atoms with Crippen LogP contribution in [0.5, 0.6) is 5.75 Å². The molecule has 2 aliphatic rings. The van der Waals surface area contributed by atoms with E-state index >= 15 is 0 Å². The van der Waals surface area contributed by atoms with Crippen molar-refractivity contribution in [1.82, 2.24) is 0 Å². The molecule has 0 aromatic heterocycles. The molecule has 304 valence electrons. The maximum atomic E-state index is 7.19. The Labute approximate surface area is 352 Å². The summed E-state index contributed by atoms with van der Waals surface area (Å²) in [5.41, 5.74) is 7.27. The summed E-state index contributed by atoms with van der Waals surface area (Å²) in [6.07, 6.45) is -1.04. The third kappa shape index (κ3) is 11.5. The van der Waals surface area contributed by atoms with Crippen LogP contribution in [0.15, 0.2) is 164 Å². The molecule has 8 heteroatoms. The van der Waals surface area contributed by atoms with Gasteiger partial charge in [0.1, 0.15) is 42.4 Å². The standard InChI is InChI=1S/C51H51ClO7/c52-46-26-23-42(30-43(46)29-37-21-24-44(25-22-37)58-45-27-28-53-35-45)48-50(56-33-40-17-9-3-10-18-40)51(57-34-41-19-11-4-12-20-41)49(55-32-39-15-7-2-8-16-39)47(59-48)36-54-31-38-13-5-1-6-14-38/h1-26,30,45,47-51H,27-29,31-36H2/t45-,47+,48-,49-,50+,51-/m0/s1. The highest BCUT2D eigenvalue weighted by molar-refractivity contribution is 6.31. The second kappa shape index (κ2) is 20.9. The number of ether oxygens (including phenoxy) is 7.